The first-order valence-corrected chi connectivity index (χ1v) is 8.02. The van der Waals surface area contributed by atoms with Crippen molar-refractivity contribution in [1.82, 2.24) is 10.2 Å². The predicted molar refractivity (Wildman–Crippen MR) is 87.9 cm³/mol. The molecule has 1 aromatic carbocycles. The fourth-order valence-electron chi connectivity index (χ4n) is 2.77. The number of benzene rings is 1. The number of ether oxygens (including phenoxy) is 1. The van der Waals surface area contributed by atoms with E-state index >= 15 is 0 Å². The highest BCUT2D eigenvalue weighted by molar-refractivity contribution is 5.80. The molecule has 2 amide bonds. The third kappa shape index (κ3) is 5.90. The molecule has 3 N–H and O–H groups in total. The molecule has 0 radical (unpaired) electrons. The molecular weight excluding hydrogens is 294 g/mol. The molecule has 126 valence electrons. The molecule has 0 aliphatic heterocycles. The van der Waals surface area contributed by atoms with Gasteiger partial charge in [-0.15, -0.1) is 0 Å². The number of para-hydroxylation sites is 1. The van der Waals surface area contributed by atoms with Gasteiger partial charge in [-0.1, -0.05) is 18.2 Å². The summed E-state index contributed by atoms with van der Waals surface area (Å²) >= 11 is 0. The van der Waals surface area contributed by atoms with Gasteiger partial charge >= 0.3 is 0 Å². The van der Waals surface area contributed by atoms with Crippen molar-refractivity contribution in [2.45, 2.75) is 38.3 Å². The van der Waals surface area contributed by atoms with E-state index in [0.717, 1.165) is 24.2 Å². The molecule has 0 saturated heterocycles. The van der Waals surface area contributed by atoms with Crippen molar-refractivity contribution in [3.8, 4) is 5.75 Å². The zero-order valence-electron chi connectivity index (χ0n) is 13.6. The molecule has 1 saturated carbocycles. The van der Waals surface area contributed by atoms with Gasteiger partial charge in [0.15, 0.2) is 0 Å². The molecule has 0 heterocycles. The molecule has 6 heteroatoms. The lowest BCUT2D eigenvalue weighted by Crippen LogP contribution is -2.39. The van der Waals surface area contributed by atoms with Crippen LogP contribution in [0.5, 0.6) is 5.75 Å². The van der Waals surface area contributed by atoms with Gasteiger partial charge in [0.2, 0.25) is 11.8 Å². The van der Waals surface area contributed by atoms with Crippen LogP contribution in [-0.2, 0) is 16.1 Å². The third-order valence-corrected chi connectivity index (χ3v) is 3.88. The minimum absolute atomic E-state index is 0.0643. The Bertz CT molecular complexity index is 542. The summed E-state index contributed by atoms with van der Waals surface area (Å²) in [5, 5.41) is 2.86. The first-order chi connectivity index (χ1) is 11.0. The maximum absolute atomic E-state index is 11.9. The highest BCUT2D eigenvalue weighted by Crippen LogP contribution is 2.26. The maximum Gasteiger partial charge on any atom is 0.234 e. The lowest BCUT2D eigenvalue weighted by Gasteiger charge is -2.18. The summed E-state index contributed by atoms with van der Waals surface area (Å²) < 4.78 is 6.05. The second-order valence-corrected chi connectivity index (χ2v) is 6.05. The monoisotopic (exact) mass is 319 g/mol. The Labute approximate surface area is 137 Å². The summed E-state index contributed by atoms with van der Waals surface area (Å²) in [5.41, 5.74) is 6.07. The van der Waals surface area contributed by atoms with Crippen LogP contribution in [0.1, 0.15) is 31.2 Å². The third-order valence-electron chi connectivity index (χ3n) is 3.88. The van der Waals surface area contributed by atoms with E-state index in [1.54, 1.807) is 11.9 Å². The Morgan fingerprint density at radius 1 is 1.26 bits per heavy atom. The van der Waals surface area contributed by atoms with Crippen LogP contribution in [0.15, 0.2) is 24.3 Å². The molecule has 0 bridgehead atoms. The first-order valence-electron chi connectivity index (χ1n) is 8.02. The van der Waals surface area contributed by atoms with Gasteiger partial charge in [-0.25, -0.2) is 0 Å². The SMILES string of the molecule is CN(CC(N)=O)CC(=O)NCc1ccccc1OC1CCCC1. The summed E-state index contributed by atoms with van der Waals surface area (Å²) in [5.74, 6) is 0.241. The van der Waals surface area contributed by atoms with Gasteiger partial charge in [0.05, 0.1) is 19.2 Å². The summed E-state index contributed by atoms with van der Waals surface area (Å²) in [6.45, 7) is 0.607. The number of hydrogen-bond donors (Lipinski definition) is 2. The summed E-state index contributed by atoms with van der Waals surface area (Å²) in [6, 6.07) is 7.77. The van der Waals surface area contributed by atoms with E-state index in [-0.39, 0.29) is 25.1 Å². The highest BCUT2D eigenvalue weighted by Gasteiger charge is 2.18. The van der Waals surface area contributed by atoms with Crippen molar-refractivity contribution >= 4 is 11.8 Å². The smallest absolute Gasteiger partial charge is 0.234 e. The quantitative estimate of drug-likeness (QED) is 0.750. The van der Waals surface area contributed by atoms with Crippen molar-refractivity contribution in [2.24, 2.45) is 5.73 Å². The molecule has 1 aliphatic carbocycles. The molecule has 0 spiro atoms. The molecule has 1 aromatic rings. The normalized spacial score (nSPS) is 14.9. The minimum Gasteiger partial charge on any atom is -0.490 e. The Kier molecular flexibility index (Phi) is 6.40. The van der Waals surface area contributed by atoms with E-state index in [2.05, 4.69) is 5.32 Å². The number of nitrogens with two attached hydrogens (primary N) is 1. The molecule has 2 rings (SSSR count). The Morgan fingerprint density at radius 3 is 2.65 bits per heavy atom. The van der Waals surface area contributed by atoms with Crippen LogP contribution in [0, 0.1) is 0 Å². The zero-order chi connectivity index (χ0) is 16.7. The van der Waals surface area contributed by atoms with Gasteiger partial charge in [0, 0.05) is 12.1 Å². The molecule has 0 atom stereocenters. The van der Waals surface area contributed by atoms with Crippen molar-refractivity contribution < 1.29 is 14.3 Å². The van der Waals surface area contributed by atoms with Crippen LogP contribution in [-0.4, -0.2) is 43.0 Å². The molecule has 23 heavy (non-hydrogen) atoms. The van der Waals surface area contributed by atoms with Crippen molar-refractivity contribution in [1.29, 1.82) is 0 Å². The number of carbonyl (C=O) groups is 2. The Balaban J connectivity index is 1.84. The van der Waals surface area contributed by atoms with Gasteiger partial charge in [0.1, 0.15) is 5.75 Å². The topological polar surface area (TPSA) is 84.7 Å². The van der Waals surface area contributed by atoms with E-state index in [1.165, 1.54) is 12.8 Å². The molecule has 1 fully saturated rings. The number of nitrogens with one attached hydrogen (secondary N) is 1. The van der Waals surface area contributed by atoms with E-state index in [0.29, 0.717) is 6.54 Å². The van der Waals surface area contributed by atoms with Crippen molar-refractivity contribution in [3.63, 3.8) is 0 Å². The number of likely N-dealkylation sites (N-methyl/N-ethyl adjacent to an activating group) is 1. The van der Waals surface area contributed by atoms with Gasteiger partial charge in [-0.05, 0) is 38.8 Å². The van der Waals surface area contributed by atoms with Crippen LogP contribution in [0.2, 0.25) is 0 Å². The van der Waals surface area contributed by atoms with E-state index in [9.17, 15) is 9.59 Å². The van der Waals surface area contributed by atoms with Gasteiger partial charge in [-0.2, -0.15) is 0 Å². The van der Waals surface area contributed by atoms with Crippen molar-refractivity contribution in [3.05, 3.63) is 29.8 Å². The lowest BCUT2D eigenvalue weighted by molar-refractivity contribution is -0.123. The lowest BCUT2D eigenvalue weighted by atomic mass is 10.2. The molecule has 0 unspecified atom stereocenters. The number of carbonyl (C=O) groups excluding carboxylic acids is 2. The molecule has 0 aromatic heterocycles. The van der Waals surface area contributed by atoms with Crippen LogP contribution in [0.3, 0.4) is 0 Å². The molecule has 1 aliphatic rings. The maximum atomic E-state index is 11.9. The summed E-state index contributed by atoms with van der Waals surface area (Å²) in [6.07, 6.45) is 4.91. The Morgan fingerprint density at radius 2 is 1.96 bits per heavy atom. The summed E-state index contributed by atoms with van der Waals surface area (Å²) in [4.78, 5) is 24.3. The molecule has 6 nitrogen and oxygen atoms in total. The molecular formula is C17H25N3O3. The van der Waals surface area contributed by atoms with Crippen LogP contribution in [0.4, 0.5) is 0 Å². The van der Waals surface area contributed by atoms with E-state index in [4.69, 9.17) is 10.5 Å². The van der Waals surface area contributed by atoms with Gasteiger partial charge in [-0.3, -0.25) is 14.5 Å². The fraction of sp³-hybridized carbons (Fsp3) is 0.529. The van der Waals surface area contributed by atoms with Crippen LogP contribution in [0.25, 0.3) is 0 Å². The predicted octanol–water partition coefficient (Wildman–Crippen LogP) is 1.04. The first kappa shape index (κ1) is 17.3. The number of hydrogen-bond acceptors (Lipinski definition) is 4. The van der Waals surface area contributed by atoms with E-state index in [1.807, 2.05) is 24.3 Å². The van der Waals surface area contributed by atoms with E-state index < -0.39 is 5.91 Å². The van der Waals surface area contributed by atoms with Crippen molar-refractivity contribution in [2.75, 3.05) is 20.1 Å². The number of primary amides is 1. The second kappa shape index (κ2) is 8.53. The number of amides is 2. The zero-order valence-corrected chi connectivity index (χ0v) is 13.6. The largest absolute Gasteiger partial charge is 0.490 e. The van der Waals surface area contributed by atoms with Gasteiger partial charge in [0.25, 0.3) is 0 Å². The van der Waals surface area contributed by atoms with Crippen LogP contribution >= 0.6 is 0 Å². The Hall–Kier alpha value is -2.08. The highest BCUT2D eigenvalue weighted by atomic mass is 16.5. The standard InChI is InChI=1S/C17H25N3O3/c1-20(11-16(18)21)12-17(22)19-10-13-6-2-5-9-15(13)23-14-7-3-4-8-14/h2,5-6,9,14H,3-4,7-8,10-12H2,1H3,(H2,18,21)(H,19,22). The fourth-order valence-corrected chi connectivity index (χ4v) is 2.77. The number of rotatable bonds is 8. The second-order valence-electron chi connectivity index (χ2n) is 6.05. The number of nitrogens with zero attached hydrogens (tertiary/aromatic N) is 1. The average Bonchev–Trinajstić information content (AvgIpc) is 2.98. The van der Waals surface area contributed by atoms with Crippen LogP contribution < -0.4 is 15.8 Å². The average molecular weight is 319 g/mol. The van der Waals surface area contributed by atoms with Gasteiger partial charge < -0.3 is 15.8 Å². The summed E-state index contributed by atoms with van der Waals surface area (Å²) in [7, 11) is 1.68. The minimum atomic E-state index is -0.449.